The van der Waals surface area contributed by atoms with Crippen LogP contribution in [0.15, 0.2) is 23.1 Å². The van der Waals surface area contributed by atoms with Crippen LogP contribution in [-0.4, -0.2) is 31.1 Å². The van der Waals surface area contributed by atoms with Gasteiger partial charge in [-0.2, -0.15) is 0 Å². The molecule has 4 N–H and O–H groups in total. The van der Waals surface area contributed by atoms with Crippen molar-refractivity contribution in [3.63, 3.8) is 0 Å². The number of nitro benzene ring substituents is 1. The van der Waals surface area contributed by atoms with Gasteiger partial charge in [0.2, 0.25) is 10.0 Å². The van der Waals surface area contributed by atoms with Gasteiger partial charge in [-0.15, -0.1) is 0 Å². The topological polar surface area (TPSA) is 136 Å². The lowest BCUT2D eigenvalue weighted by atomic mass is 10.1. The summed E-state index contributed by atoms with van der Waals surface area (Å²) in [7, 11) is -3.98. The molecule has 116 valence electrons. The molecule has 2 rings (SSSR count). The monoisotopic (exact) mass is 315 g/mol. The van der Waals surface area contributed by atoms with Crippen molar-refractivity contribution in [1.29, 1.82) is 0 Å². The molecule has 1 aliphatic rings. The molecule has 1 aromatic rings. The van der Waals surface area contributed by atoms with Crippen LogP contribution in [0.4, 0.5) is 11.4 Å². The molecule has 0 unspecified atom stereocenters. The van der Waals surface area contributed by atoms with Gasteiger partial charge in [0.15, 0.2) is 0 Å². The number of rotatable bonds is 5. The largest absolute Gasteiger partial charge is 0.393 e. The molecule has 0 aromatic heterocycles. The fraction of sp³-hybridized carbons (Fsp3) is 0.500. The van der Waals surface area contributed by atoms with Crippen LogP contribution in [0, 0.1) is 16.0 Å². The summed E-state index contributed by atoms with van der Waals surface area (Å²) in [6.45, 7) is 0.493. The number of nitro groups is 1. The van der Waals surface area contributed by atoms with Gasteiger partial charge in [0.05, 0.1) is 15.9 Å². The minimum atomic E-state index is -3.98. The van der Waals surface area contributed by atoms with E-state index in [0.29, 0.717) is 13.0 Å². The van der Waals surface area contributed by atoms with Gasteiger partial charge in [0.1, 0.15) is 5.69 Å². The standard InChI is InChI=1S/C12H17N3O5S/c13-21(19,20)10-3-4-11(12(6-10)15(17)18)14-7-8-1-2-9(16)5-8/h3-4,6,8-9,14,16H,1-2,5,7H2,(H2,13,19,20)/t8-,9+/m1/s1. The van der Waals surface area contributed by atoms with Crippen molar-refractivity contribution in [2.24, 2.45) is 11.1 Å². The molecule has 1 aromatic carbocycles. The Morgan fingerprint density at radius 3 is 2.67 bits per heavy atom. The highest BCUT2D eigenvalue weighted by Crippen LogP contribution is 2.30. The van der Waals surface area contributed by atoms with Gasteiger partial charge >= 0.3 is 0 Å². The number of aliphatic hydroxyl groups is 1. The van der Waals surface area contributed by atoms with E-state index in [0.717, 1.165) is 18.9 Å². The van der Waals surface area contributed by atoms with Gasteiger partial charge in [0, 0.05) is 12.6 Å². The zero-order valence-corrected chi connectivity index (χ0v) is 12.0. The summed E-state index contributed by atoms with van der Waals surface area (Å²) < 4.78 is 22.5. The van der Waals surface area contributed by atoms with Crippen LogP contribution >= 0.6 is 0 Å². The Balaban J connectivity index is 2.17. The third-order valence-corrected chi connectivity index (χ3v) is 4.50. The number of hydrogen-bond acceptors (Lipinski definition) is 6. The molecule has 0 heterocycles. The number of hydrogen-bond donors (Lipinski definition) is 3. The van der Waals surface area contributed by atoms with Gasteiger partial charge in [-0.05, 0) is 37.3 Å². The van der Waals surface area contributed by atoms with E-state index in [4.69, 9.17) is 5.14 Å². The van der Waals surface area contributed by atoms with Crippen molar-refractivity contribution in [3.05, 3.63) is 28.3 Å². The third-order valence-electron chi connectivity index (χ3n) is 3.59. The number of nitrogens with one attached hydrogen (secondary N) is 1. The maximum Gasteiger partial charge on any atom is 0.293 e. The smallest absolute Gasteiger partial charge is 0.293 e. The van der Waals surface area contributed by atoms with E-state index in [1.54, 1.807) is 0 Å². The maximum absolute atomic E-state index is 11.2. The average Bonchev–Trinajstić information content (AvgIpc) is 2.80. The van der Waals surface area contributed by atoms with Gasteiger partial charge in [0.25, 0.3) is 5.69 Å². The average molecular weight is 315 g/mol. The van der Waals surface area contributed by atoms with Crippen LogP contribution in [0.25, 0.3) is 0 Å². The fourth-order valence-electron chi connectivity index (χ4n) is 2.48. The summed E-state index contributed by atoms with van der Waals surface area (Å²) in [5.41, 5.74) is -0.0890. The van der Waals surface area contributed by atoms with E-state index < -0.39 is 14.9 Å². The van der Waals surface area contributed by atoms with Gasteiger partial charge in [-0.1, -0.05) is 0 Å². The highest BCUT2D eigenvalue weighted by Gasteiger charge is 2.24. The molecule has 8 nitrogen and oxygen atoms in total. The SMILES string of the molecule is NS(=O)(=O)c1ccc(NC[C@@H]2CC[C@H](O)C2)c([N+](=O)[O-])c1. The van der Waals surface area contributed by atoms with Crippen LogP contribution in [0.1, 0.15) is 19.3 Å². The van der Waals surface area contributed by atoms with E-state index in [1.807, 2.05) is 0 Å². The molecule has 0 amide bonds. The second kappa shape index (κ2) is 5.96. The first-order valence-corrected chi connectivity index (χ1v) is 8.05. The third kappa shape index (κ3) is 3.90. The molecule has 1 saturated carbocycles. The zero-order chi connectivity index (χ0) is 15.6. The number of nitrogens with two attached hydrogens (primary N) is 1. The number of anilines is 1. The van der Waals surface area contributed by atoms with Crippen molar-refractivity contribution < 1.29 is 18.4 Å². The van der Waals surface area contributed by atoms with Crippen LogP contribution in [0.3, 0.4) is 0 Å². The minimum absolute atomic E-state index is 0.244. The molecule has 21 heavy (non-hydrogen) atoms. The summed E-state index contributed by atoms with van der Waals surface area (Å²) >= 11 is 0. The summed E-state index contributed by atoms with van der Waals surface area (Å²) in [5, 5.41) is 28.4. The summed E-state index contributed by atoms with van der Waals surface area (Å²) in [5.74, 6) is 0.248. The molecule has 0 bridgehead atoms. The lowest BCUT2D eigenvalue weighted by molar-refractivity contribution is -0.384. The molecule has 1 aliphatic carbocycles. The van der Waals surface area contributed by atoms with Gasteiger partial charge < -0.3 is 10.4 Å². The molecule has 0 radical (unpaired) electrons. The molecule has 0 spiro atoms. The lowest BCUT2D eigenvalue weighted by Gasteiger charge is -2.12. The van der Waals surface area contributed by atoms with E-state index in [9.17, 15) is 23.6 Å². The van der Waals surface area contributed by atoms with E-state index >= 15 is 0 Å². The van der Waals surface area contributed by atoms with Crippen LogP contribution in [-0.2, 0) is 10.0 Å². The predicted octanol–water partition coefficient (Wildman–Crippen LogP) is 0.815. The molecule has 2 atom stereocenters. The molecule has 0 saturated heterocycles. The lowest BCUT2D eigenvalue weighted by Crippen LogP contribution is -2.15. The quantitative estimate of drug-likeness (QED) is 0.543. The highest BCUT2D eigenvalue weighted by molar-refractivity contribution is 7.89. The number of sulfonamides is 1. The Morgan fingerprint density at radius 2 is 2.14 bits per heavy atom. The molecule has 0 aliphatic heterocycles. The highest BCUT2D eigenvalue weighted by atomic mass is 32.2. The van der Waals surface area contributed by atoms with Crippen molar-refractivity contribution >= 4 is 21.4 Å². The Bertz CT molecular complexity index is 646. The van der Waals surface area contributed by atoms with Gasteiger partial charge in [-0.3, -0.25) is 10.1 Å². The van der Waals surface area contributed by atoms with Crippen LogP contribution in [0.5, 0.6) is 0 Å². The Labute approximate surface area is 122 Å². The summed E-state index contributed by atoms with van der Waals surface area (Å²) in [4.78, 5) is 10.1. The zero-order valence-electron chi connectivity index (χ0n) is 11.2. The van der Waals surface area contributed by atoms with Crippen molar-refractivity contribution in [2.75, 3.05) is 11.9 Å². The molecule has 9 heteroatoms. The number of nitrogens with zero attached hydrogens (tertiary/aromatic N) is 1. The summed E-state index contributed by atoms with van der Waals surface area (Å²) in [6, 6.07) is 3.51. The second-order valence-electron chi connectivity index (χ2n) is 5.19. The Kier molecular flexibility index (Phi) is 4.45. The first-order valence-electron chi connectivity index (χ1n) is 6.50. The summed E-state index contributed by atoms with van der Waals surface area (Å²) in [6.07, 6.45) is 1.95. The minimum Gasteiger partial charge on any atom is -0.393 e. The van der Waals surface area contributed by atoms with Crippen molar-refractivity contribution in [3.8, 4) is 0 Å². The van der Waals surface area contributed by atoms with E-state index in [2.05, 4.69) is 5.32 Å². The first kappa shape index (κ1) is 15.7. The molecular formula is C12H17N3O5S. The van der Waals surface area contributed by atoms with E-state index in [1.165, 1.54) is 12.1 Å². The number of aliphatic hydroxyl groups excluding tert-OH is 1. The van der Waals surface area contributed by atoms with Crippen molar-refractivity contribution in [2.45, 2.75) is 30.3 Å². The first-order chi connectivity index (χ1) is 9.77. The fourth-order valence-corrected chi connectivity index (χ4v) is 3.01. The molecule has 1 fully saturated rings. The number of primary sulfonamides is 1. The Morgan fingerprint density at radius 1 is 1.43 bits per heavy atom. The van der Waals surface area contributed by atoms with Crippen molar-refractivity contribution in [1.82, 2.24) is 0 Å². The second-order valence-corrected chi connectivity index (χ2v) is 6.76. The van der Waals surface area contributed by atoms with Crippen LogP contribution < -0.4 is 10.5 Å². The molecular weight excluding hydrogens is 298 g/mol. The Hall–Kier alpha value is -1.71. The normalized spacial score (nSPS) is 22.2. The maximum atomic E-state index is 11.2. The van der Waals surface area contributed by atoms with Gasteiger partial charge in [-0.25, -0.2) is 13.6 Å². The van der Waals surface area contributed by atoms with E-state index in [-0.39, 0.29) is 28.3 Å². The number of benzene rings is 1. The van der Waals surface area contributed by atoms with Crippen LogP contribution in [0.2, 0.25) is 0 Å². The predicted molar refractivity (Wildman–Crippen MR) is 76.3 cm³/mol.